The Labute approximate surface area is 80.5 Å². The summed E-state index contributed by atoms with van der Waals surface area (Å²) in [5.41, 5.74) is 0.266. The summed E-state index contributed by atoms with van der Waals surface area (Å²) < 4.78 is 5.17. The van der Waals surface area contributed by atoms with E-state index >= 15 is 0 Å². The van der Waals surface area contributed by atoms with Gasteiger partial charge in [-0.05, 0) is 32.6 Å². The molecule has 0 radical (unpaired) electrons. The summed E-state index contributed by atoms with van der Waals surface area (Å²) in [7, 11) is 0. The van der Waals surface area contributed by atoms with Gasteiger partial charge in [0, 0.05) is 12.1 Å². The highest BCUT2D eigenvalue weighted by molar-refractivity contribution is 4.94. The molecule has 2 N–H and O–H groups in total. The normalized spacial score (nSPS) is 17.8. The number of nitrogens with one attached hydrogen (secondary N) is 1. The second kappa shape index (κ2) is 4.94. The maximum Gasteiger partial charge on any atom is 0.0698 e. The van der Waals surface area contributed by atoms with Crippen LogP contribution in [0.2, 0.25) is 0 Å². The number of aliphatic hydroxyl groups excluding tert-OH is 1. The summed E-state index contributed by atoms with van der Waals surface area (Å²) in [6.07, 6.45) is 2.72. The molecule has 13 heavy (non-hydrogen) atoms. The molecule has 1 fully saturated rings. The minimum Gasteiger partial charge on any atom is -0.394 e. The molecule has 0 unspecified atom stereocenters. The van der Waals surface area contributed by atoms with Crippen LogP contribution >= 0.6 is 0 Å². The maximum atomic E-state index is 8.48. The Balaban J connectivity index is 1.97. The fourth-order valence-electron chi connectivity index (χ4n) is 1.56. The Bertz CT molecular complexity index is 144. The van der Waals surface area contributed by atoms with Crippen LogP contribution in [-0.4, -0.2) is 37.0 Å². The zero-order valence-corrected chi connectivity index (χ0v) is 8.68. The predicted octanol–water partition coefficient (Wildman–Crippen LogP) is 0.773. The van der Waals surface area contributed by atoms with E-state index in [0.29, 0.717) is 13.2 Å². The van der Waals surface area contributed by atoms with Gasteiger partial charge in [-0.2, -0.15) is 0 Å². The highest BCUT2D eigenvalue weighted by Crippen LogP contribution is 2.38. The molecule has 0 aromatic carbocycles. The van der Waals surface area contributed by atoms with Crippen molar-refractivity contribution in [3.05, 3.63) is 0 Å². The summed E-state index contributed by atoms with van der Waals surface area (Å²) in [5.74, 6) is 0.852. The highest BCUT2D eigenvalue weighted by atomic mass is 16.5. The van der Waals surface area contributed by atoms with Gasteiger partial charge in [0.15, 0.2) is 0 Å². The second-order valence-electron chi connectivity index (χ2n) is 4.26. The molecule has 0 bridgehead atoms. The minimum atomic E-state index is 0.117. The number of hydrogen-bond acceptors (Lipinski definition) is 3. The number of rotatable bonds is 7. The molecule has 0 aromatic rings. The zero-order chi connectivity index (χ0) is 9.73. The van der Waals surface area contributed by atoms with Crippen LogP contribution in [0.3, 0.4) is 0 Å². The van der Waals surface area contributed by atoms with Crippen LogP contribution in [0.5, 0.6) is 0 Å². The second-order valence-corrected chi connectivity index (χ2v) is 4.26. The van der Waals surface area contributed by atoms with Gasteiger partial charge in [-0.25, -0.2) is 0 Å². The van der Waals surface area contributed by atoms with E-state index in [-0.39, 0.29) is 12.1 Å². The Kier molecular flexibility index (Phi) is 4.16. The topological polar surface area (TPSA) is 41.5 Å². The molecular weight excluding hydrogens is 166 g/mol. The van der Waals surface area contributed by atoms with Gasteiger partial charge in [-0.3, -0.25) is 0 Å². The summed E-state index contributed by atoms with van der Waals surface area (Å²) >= 11 is 0. The lowest BCUT2D eigenvalue weighted by molar-refractivity contribution is 0.0895. The van der Waals surface area contributed by atoms with Gasteiger partial charge in [0.1, 0.15) is 0 Å². The van der Waals surface area contributed by atoms with E-state index in [9.17, 15) is 0 Å². The van der Waals surface area contributed by atoms with Gasteiger partial charge in [-0.15, -0.1) is 0 Å². The van der Waals surface area contributed by atoms with Crippen molar-refractivity contribution in [1.29, 1.82) is 0 Å². The van der Waals surface area contributed by atoms with Crippen LogP contribution in [0.1, 0.15) is 26.7 Å². The average molecular weight is 187 g/mol. The molecule has 0 aromatic heterocycles. The lowest BCUT2D eigenvalue weighted by Gasteiger charge is -2.26. The molecule has 3 heteroatoms. The fraction of sp³-hybridized carbons (Fsp3) is 1.00. The zero-order valence-electron chi connectivity index (χ0n) is 8.68. The monoisotopic (exact) mass is 187 g/mol. The molecule has 0 saturated heterocycles. The van der Waals surface area contributed by atoms with E-state index in [1.807, 2.05) is 0 Å². The van der Waals surface area contributed by atoms with Crippen LogP contribution in [0.15, 0.2) is 0 Å². The van der Waals surface area contributed by atoms with Crippen LogP contribution in [0.4, 0.5) is 0 Å². The third-order valence-corrected chi connectivity index (χ3v) is 2.66. The first kappa shape index (κ1) is 11.0. The van der Waals surface area contributed by atoms with E-state index < -0.39 is 0 Å². The molecule has 1 saturated carbocycles. The quantitative estimate of drug-likeness (QED) is 0.579. The minimum absolute atomic E-state index is 0.117. The summed E-state index contributed by atoms with van der Waals surface area (Å²) in [4.78, 5) is 0. The Morgan fingerprint density at radius 1 is 1.38 bits per heavy atom. The lowest BCUT2D eigenvalue weighted by atomic mass is 9.99. The molecule has 3 nitrogen and oxygen atoms in total. The number of hydrogen-bond donors (Lipinski definition) is 2. The van der Waals surface area contributed by atoms with Gasteiger partial charge in [0.2, 0.25) is 0 Å². The predicted molar refractivity (Wildman–Crippen MR) is 52.7 cm³/mol. The molecule has 0 atom stereocenters. The van der Waals surface area contributed by atoms with E-state index in [2.05, 4.69) is 19.2 Å². The van der Waals surface area contributed by atoms with Crippen molar-refractivity contribution in [2.75, 3.05) is 26.4 Å². The van der Waals surface area contributed by atoms with Gasteiger partial charge in [0.25, 0.3) is 0 Å². The van der Waals surface area contributed by atoms with Gasteiger partial charge < -0.3 is 15.2 Å². The molecule has 0 spiro atoms. The smallest absolute Gasteiger partial charge is 0.0698 e. The third-order valence-electron chi connectivity index (χ3n) is 2.66. The molecule has 1 aliphatic rings. The van der Waals surface area contributed by atoms with Crippen molar-refractivity contribution in [2.24, 2.45) is 5.92 Å². The molecule has 0 heterocycles. The molecule has 1 aliphatic carbocycles. The van der Waals surface area contributed by atoms with E-state index in [0.717, 1.165) is 12.5 Å². The third kappa shape index (κ3) is 4.07. The first-order valence-corrected chi connectivity index (χ1v) is 5.10. The van der Waals surface area contributed by atoms with Crippen molar-refractivity contribution in [1.82, 2.24) is 5.32 Å². The maximum absolute atomic E-state index is 8.48. The van der Waals surface area contributed by atoms with Crippen LogP contribution in [-0.2, 0) is 4.74 Å². The van der Waals surface area contributed by atoms with Gasteiger partial charge in [-0.1, -0.05) is 0 Å². The largest absolute Gasteiger partial charge is 0.394 e. The first-order chi connectivity index (χ1) is 6.17. The van der Waals surface area contributed by atoms with E-state index in [1.165, 1.54) is 12.8 Å². The van der Waals surface area contributed by atoms with Gasteiger partial charge in [0.05, 0.1) is 19.8 Å². The number of aliphatic hydroxyl groups is 1. The average Bonchev–Trinajstić information content (AvgIpc) is 2.86. The van der Waals surface area contributed by atoms with E-state index in [4.69, 9.17) is 9.84 Å². The summed E-state index contributed by atoms with van der Waals surface area (Å²) in [6.45, 7) is 6.63. The van der Waals surface area contributed by atoms with Crippen LogP contribution in [0.25, 0.3) is 0 Å². The highest BCUT2D eigenvalue weighted by Gasteiger charge is 2.36. The molecule has 0 amide bonds. The van der Waals surface area contributed by atoms with E-state index in [1.54, 1.807) is 0 Å². The Morgan fingerprint density at radius 3 is 2.62 bits per heavy atom. The SMILES string of the molecule is CC(C)(NCCOCCO)C1CC1. The summed E-state index contributed by atoms with van der Waals surface area (Å²) in [6, 6.07) is 0. The lowest BCUT2D eigenvalue weighted by Crippen LogP contribution is -2.43. The standard InChI is InChI=1S/C10H21NO2/c1-10(2,9-3-4-9)11-5-7-13-8-6-12/h9,11-12H,3-8H2,1-2H3. The van der Waals surface area contributed by atoms with Crippen molar-refractivity contribution in [3.63, 3.8) is 0 Å². The fourth-order valence-corrected chi connectivity index (χ4v) is 1.56. The molecule has 78 valence electrons. The first-order valence-electron chi connectivity index (χ1n) is 5.10. The molecule has 1 rings (SSSR count). The molecular formula is C10H21NO2. The van der Waals surface area contributed by atoms with Crippen molar-refractivity contribution in [3.8, 4) is 0 Å². The summed E-state index contributed by atoms with van der Waals surface area (Å²) in [5, 5.41) is 12.0. The molecule has 0 aliphatic heterocycles. The Morgan fingerprint density at radius 2 is 2.08 bits per heavy atom. The van der Waals surface area contributed by atoms with Crippen molar-refractivity contribution < 1.29 is 9.84 Å². The Hall–Kier alpha value is -0.120. The van der Waals surface area contributed by atoms with Gasteiger partial charge >= 0.3 is 0 Å². The van der Waals surface area contributed by atoms with Crippen molar-refractivity contribution in [2.45, 2.75) is 32.2 Å². The number of ether oxygens (including phenoxy) is 1. The van der Waals surface area contributed by atoms with Crippen molar-refractivity contribution >= 4 is 0 Å². The van der Waals surface area contributed by atoms with Crippen LogP contribution < -0.4 is 5.32 Å². The van der Waals surface area contributed by atoms with Crippen LogP contribution in [0, 0.1) is 5.92 Å².